The van der Waals surface area contributed by atoms with Gasteiger partial charge in [-0.1, -0.05) is 43.2 Å². The van der Waals surface area contributed by atoms with E-state index in [0.29, 0.717) is 11.6 Å². The van der Waals surface area contributed by atoms with E-state index in [2.05, 4.69) is 109 Å². The van der Waals surface area contributed by atoms with Gasteiger partial charge in [0.15, 0.2) is 0 Å². The van der Waals surface area contributed by atoms with Crippen molar-refractivity contribution in [1.29, 1.82) is 0 Å². The van der Waals surface area contributed by atoms with Crippen LogP contribution in [0.3, 0.4) is 0 Å². The topological polar surface area (TPSA) is 51.8 Å². The van der Waals surface area contributed by atoms with Crippen LogP contribution in [-0.2, 0) is 26.5 Å². The molecule has 0 saturated heterocycles. The molecule has 2 atom stereocenters. The minimum absolute atomic E-state index is 0. The number of aryl methyl sites for hydroxylation is 1. The second-order valence-corrected chi connectivity index (χ2v) is 25.7. The summed E-state index contributed by atoms with van der Waals surface area (Å²) < 4.78 is 7.45. The smallest absolute Gasteiger partial charge is 0.216 e. The maximum Gasteiger partial charge on any atom is 0.216 e. The molecular weight excluding hydrogens is 851 g/mol. The number of aromatic nitrogens is 3. The Morgan fingerprint density at radius 3 is 2.38 bits per heavy atom. The summed E-state index contributed by atoms with van der Waals surface area (Å²) in [4.78, 5) is 13.9. The molecule has 4 heterocycles. The van der Waals surface area contributed by atoms with Gasteiger partial charge in [-0.15, -0.1) is 23.8 Å². The van der Waals surface area contributed by atoms with E-state index in [1.54, 1.807) is 4.40 Å². The van der Waals surface area contributed by atoms with E-state index in [0.717, 1.165) is 62.8 Å². The predicted molar refractivity (Wildman–Crippen MR) is 208 cm³/mol. The van der Waals surface area contributed by atoms with E-state index in [1.165, 1.54) is 49.7 Å². The van der Waals surface area contributed by atoms with Crippen LogP contribution in [-0.4, -0.2) is 28.2 Å². The quantitative estimate of drug-likeness (QED) is 0.113. The van der Waals surface area contributed by atoms with Crippen LogP contribution in [0.2, 0.25) is 17.3 Å². The van der Waals surface area contributed by atoms with Crippen LogP contribution in [0.1, 0.15) is 82.0 Å². The van der Waals surface area contributed by atoms with Gasteiger partial charge in [-0.3, -0.25) is 0 Å². The van der Waals surface area contributed by atoms with E-state index in [-0.39, 0.29) is 20.1 Å². The molecule has 7 rings (SSSR count). The zero-order valence-corrected chi connectivity index (χ0v) is 35.3. The van der Waals surface area contributed by atoms with Crippen LogP contribution in [0.4, 0.5) is 0 Å². The van der Waals surface area contributed by atoms with Gasteiger partial charge in [0.05, 0.1) is 5.58 Å². The number of rotatable bonds is 8. The SMILES string of the molecule is CCC(C)Cc1cc(-c2[c-]cccc2)nc[c]1[Ge]([CH3])([CH3])[CH3].Cc1ccc2c(n1)oc1c[c-]c(-c3cc(C(C)C4CCCCC4)ccn3)cc12.[Ir]. The minimum Gasteiger partial charge on any atom is -0.486 e. The van der Waals surface area contributed by atoms with Gasteiger partial charge in [0.2, 0.25) is 5.71 Å². The zero-order valence-electron chi connectivity index (χ0n) is 30.8. The van der Waals surface area contributed by atoms with Crippen LogP contribution in [0.15, 0.2) is 83.5 Å². The van der Waals surface area contributed by atoms with Gasteiger partial charge in [0.1, 0.15) is 0 Å². The normalized spacial score (nSPS) is 14.9. The van der Waals surface area contributed by atoms with Crippen LogP contribution in [0.5, 0.6) is 0 Å². The van der Waals surface area contributed by atoms with E-state index in [4.69, 9.17) is 9.40 Å². The van der Waals surface area contributed by atoms with Gasteiger partial charge in [-0.2, -0.15) is 0 Å². The Bertz CT molecular complexity index is 2010. The third-order valence-electron chi connectivity index (χ3n) is 10.4. The van der Waals surface area contributed by atoms with Crippen LogP contribution in [0.25, 0.3) is 44.6 Å². The summed E-state index contributed by atoms with van der Waals surface area (Å²) in [5.74, 6) is 9.45. The van der Waals surface area contributed by atoms with Crippen molar-refractivity contribution in [2.45, 2.75) is 95.8 Å². The molecule has 1 radical (unpaired) electrons. The van der Waals surface area contributed by atoms with E-state index >= 15 is 0 Å². The molecule has 263 valence electrons. The van der Waals surface area contributed by atoms with Crippen molar-refractivity contribution in [3.05, 3.63) is 108 Å². The van der Waals surface area contributed by atoms with Crippen molar-refractivity contribution >= 4 is 39.7 Å². The van der Waals surface area contributed by atoms with Crippen LogP contribution < -0.4 is 4.40 Å². The molecule has 1 aliphatic carbocycles. The van der Waals surface area contributed by atoms with Crippen LogP contribution in [0, 0.1) is 30.9 Å². The van der Waals surface area contributed by atoms with Crippen molar-refractivity contribution in [3.63, 3.8) is 0 Å². The molecule has 0 aliphatic heterocycles. The van der Waals surface area contributed by atoms with Crippen molar-refractivity contribution in [2.75, 3.05) is 0 Å². The van der Waals surface area contributed by atoms with Gasteiger partial charge >= 0.3 is 132 Å². The van der Waals surface area contributed by atoms with Crippen molar-refractivity contribution in [1.82, 2.24) is 15.0 Å². The van der Waals surface area contributed by atoms with Crippen LogP contribution >= 0.6 is 0 Å². The summed E-state index contributed by atoms with van der Waals surface area (Å²) >= 11 is -1.87. The van der Waals surface area contributed by atoms with Gasteiger partial charge in [0, 0.05) is 37.4 Å². The predicted octanol–water partition coefficient (Wildman–Crippen LogP) is 11.5. The Labute approximate surface area is 315 Å². The summed E-state index contributed by atoms with van der Waals surface area (Å²) in [5.41, 5.74) is 9.52. The maximum atomic E-state index is 5.90. The first kappa shape index (κ1) is 38.1. The average molecular weight is 903 g/mol. The Hall–Kier alpha value is -3.12. The maximum absolute atomic E-state index is 5.90. The Kier molecular flexibility index (Phi) is 12.9. The number of nitrogens with zero attached hydrogens (tertiary/aromatic N) is 3. The molecule has 50 heavy (non-hydrogen) atoms. The number of benzene rings is 2. The number of pyridine rings is 3. The van der Waals surface area contributed by atoms with Crippen molar-refractivity contribution in [2.24, 2.45) is 11.8 Å². The molecule has 1 saturated carbocycles. The first-order chi connectivity index (χ1) is 23.6. The van der Waals surface area contributed by atoms with E-state index in [9.17, 15) is 0 Å². The molecule has 1 fully saturated rings. The van der Waals surface area contributed by atoms with E-state index < -0.39 is 13.3 Å². The summed E-state index contributed by atoms with van der Waals surface area (Å²) in [7, 11) is 0. The van der Waals surface area contributed by atoms with Gasteiger partial charge < -0.3 is 9.40 Å². The van der Waals surface area contributed by atoms with Crippen molar-refractivity contribution < 1.29 is 24.5 Å². The summed E-state index contributed by atoms with van der Waals surface area (Å²) in [6.07, 6.45) is 13.3. The number of hydrogen-bond acceptors (Lipinski definition) is 4. The summed E-state index contributed by atoms with van der Waals surface area (Å²) in [6.45, 7) is 8.97. The second kappa shape index (κ2) is 16.9. The molecule has 4 nitrogen and oxygen atoms in total. The average Bonchev–Trinajstić information content (AvgIpc) is 3.48. The zero-order chi connectivity index (χ0) is 34.5. The molecule has 2 aromatic carbocycles. The van der Waals surface area contributed by atoms with Gasteiger partial charge in [-0.05, 0) is 55.5 Å². The van der Waals surface area contributed by atoms with Gasteiger partial charge in [0.25, 0.3) is 0 Å². The molecule has 2 unspecified atom stereocenters. The van der Waals surface area contributed by atoms with E-state index in [1.807, 2.05) is 37.4 Å². The molecule has 6 aromatic rings. The molecule has 4 aromatic heterocycles. The Morgan fingerprint density at radius 1 is 0.880 bits per heavy atom. The number of furan rings is 1. The molecule has 0 spiro atoms. The molecule has 0 amide bonds. The van der Waals surface area contributed by atoms with Gasteiger partial charge in [-0.25, -0.2) is 4.98 Å². The Morgan fingerprint density at radius 2 is 1.66 bits per heavy atom. The molecule has 1 aliphatic rings. The monoisotopic (exact) mass is 904 g/mol. The summed E-state index contributed by atoms with van der Waals surface area (Å²) in [5, 5.41) is 2.12. The van der Waals surface area contributed by atoms with Crippen molar-refractivity contribution in [3.8, 4) is 22.5 Å². The largest absolute Gasteiger partial charge is 0.486 e. The third-order valence-corrected chi connectivity index (χ3v) is 14.7. The minimum atomic E-state index is -1.87. The molecule has 0 N–H and O–H groups in total. The first-order valence-electron chi connectivity index (χ1n) is 18.2. The number of fused-ring (bicyclic) bond motifs is 3. The Balaban J connectivity index is 0.000000199. The second-order valence-electron chi connectivity index (χ2n) is 15.2. The molecular formula is C44H51GeIrN3O-2. The third kappa shape index (κ3) is 9.02. The summed E-state index contributed by atoms with van der Waals surface area (Å²) in [6, 6.07) is 29.7. The fraction of sp³-hybridized carbons (Fsp3) is 0.386. The fourth-order valence-corrected chi connectivity index (χ4v) is 10.5. The fourth-order valence-electron chi connectivity index (χ4n) is 7.19. The standard InChI is InChI=1S/C25H25N2O.C19H26GeN.Ir/c1-16-8-10-21-22-14-20(9-11-24(22)28-25(21)27-16)23-15-19(12-13-26-23)17(2)18-6-4-3-5-7-18;1-6-15(2)12-17-13-19(16-10-8-7-9-11-16)21-14-18(17)20(3,4)5;/h8,10-15,17-18H,3-7H2,1-2H3;7-10,13-15H,6,12H2,1-5H3;/q2*-1;. The molecule has 0 bridgehead atoms. The number of hydrogen-bond donors (Lipinski definition) is 0. The molecule has 6 heteroatoms. The first-order valence-corrected chi connectivity index (χ1v) is 25.6.